The van der Waals surface area contributed by atoms with Crippen LogP contribution < -0.4 is 10.6 Å². The van der Waals surface area contributed by atoms with Crippen LogP contribution in [0.25, 0.3) is 0 Å². The molecular weight excluding hydrogens is 256 g/mol. The van der Waals surface area contributed by atoms with Crippen LogP contribution in [0.4, 0.5) is 10.5 Å². The SMILES string of the molecule is CC(C)(C)OC(=O)Nc1cc(C2CCNC2)ccc1O. The van der Waals surface area contributed by atoms with E-state index in [1.807, 2.05) is 12.1 Å². The maximum Gasteiger partial charge on any atom is 0.412 e. The fraction of sp³-hybridized carbons (Fsp3) is 0.533. The molecule has 1 saturated heterocycles. The lowest BCUT2D eigenvalue weighted by Crippen LogP contribution is -2.27. The Balaban J connectivity index is 2.10. The standard InChI is InChI=1S/C15H22N2O3/c1-15(2,3)20-14(19)17-12-8-10(4-5-13(12)18)11-6-7-16-9-11/h4-5,8,11,16,18H,6-7,9H2,1-3H3,(H,17,19). The van der Waals surface area contributed by atoms with E-state index in [0.717, 1.165) is 25.1 Å². The number of amides is 1. The Morgan fingerprint density at radius 1 is 1.45 bits per heavy atom. The van der Waals surface area contributed by atoms with Crippen LogP contribution in [-0.4, -0.2) is 29.9 Å². The van der Waals surface area contributed by atoms with Gasteiger partial charge in [0.15, 0.2) is 0 Å². The van der Waals surface area contributed by atoms with E-state index in [0.29, 0.717) is 11.6 Å². The van der Waals surface area contributed by atoms with Gasteiger partial charge in [0.05, 0.1) is 5.69 Å². The van der Waals surface area contributed by atoms with Gasteiger partial charge in [0.2, 0.25) is 0 Å². The summed E-state index contributed by atoms with van der Waals surface area (Å²) in [7, 11) is 0. The van der Waals surface area contributed by atoms with Crippen molar-refractivity contribution in [3.05, 3.63) is 23.8 Å². The van der Waals surface area contributed by atoms with Gasteiger partial charge in [0.1, 0.15) is 11.4 Å². The van der Waals surface area contributed by atoms with Gasteiger partial charge in [0.25, 0.3) is 0 Å². The summed E-state index contributed by atoms with van der Waals surface area (Å²) in [5.41, 5.74) is 0.940. The summed E-state index contributed by atoms with van der Waals surface area (Å²) in [6, 6.07) is 5.32. The molecule has 0 saturated carbocycles. The molecular formula is C15H22N2O3. The van der Waals surface area contributed by atoms with Crippen LogP contribution in [0.3, 0.4) is 0 Å². The Hall–Kier alpha value is -1.75. The monoisotopic (exact) mass is 278 g/mol. The third-order valence-corrected chi connectivity index (χ3v) is 3.19. The zero-order valence-electron chi connectivity index (χ0n) is 12.2. The first-order valence-electron chi connectivity index (χ1n) is 6.89. The van der Waals surface area contributed by atoms with Crippen LogP contribution in [-0.2, 0) is 4.74 Å². The average molecular weight is 278 g/mol. The minimum Gasteiger partial charge on any atom is -0.506 e. The third kappa shape index (κ3) is 3.87. The molecule has 3 N–H and O–H groups in total. The van der Waals surface area contributed by atoms with Crippen molar-refractivity contribution in [2.45, 2.75) is 38.7 Å². The van der Waals surface area contributed by atoms with E-state index in [2.05, 4.69) is 10.6 Å². The van der Waals surface area contributed by atoms with Crippen molar-refractivity contribution in [2.75, 3.05) is 18.4 Å². The highest BCUT2D eigenvalue weighted by Crippen LogP contribution is 2.30. The lowest BCUT2D eigenvalue weighted by molar-refractivity contribution is 0.0635. The molecule has 0 bridgehead atoms. The number of carbonyl (C=O) groups excluding carboxylic acids is 1. The molecule has 5 heteroatoms. The summed E-state index contributed by atoms with van der Waals surface area (Å²) in [5, 5.41) is 15.7. The number of hydrogen-bond donors (Lipinski definition) is 3. The molecule has 0 spiro atoms. The highest BCUT2D eigenvalue weighted by molar-refractivity contribution is 5.87. The Morgan fingerprint density at radius 2 is 2.20 bits per heavy atom. The van der Waals surface area contributed by atoms with Gasteiger partial charge in [-0.05, 0) is 57.4 Å². The van der Waals surface area contributed by atoms with Crippen LogP contribution in [0.5, 0.6) is 5.75 Å². The number of nitrogens with one attached hydrogen (secondary N) is 2. The predicted octanol–water partition coefficient (Wildman–Crippen LogP) is 2.82. The number of aromatic hydroxyl groups is 1. The molecule has 0 aromatic heterocycles. The van der Waals surface area contributed by atoms with E-state index in [4.69, 9.17) is 4.74 Å². The summed E-state index contributed by atoms with van der Waals surface area (Å²) >= 11 is 0. The Labute approximate surface area is 119 Å². The number of phenolic OH excluding ortho intramolecular Hbond substituents is 1. The first-order valence-corrected chi connectivity index (χ1v) is 6.89. The van der Waals surface area contributed by atoms with Crippen LogP contribution in [0, 0.1) is 0 Å². The molecule has 1 aliphatic heterocycles. The predicted molar refractivity (Wildman–Crippen MR) is 78.2 cm³/mol. The topological polar surface area (TPSA) is 70.6 Å². The van der Waals surface area contributed by atoms with Crippen LogP contribution in [0.1, 0.15) is 38.7 Å². The van der Waals surface area contributed by atoms with E-state index >= 15 is 0 Å². The van der Waals surface area contributed by atoms with E-state index in [-0.39, 0.29) is 5.75 Å². The lowest BCUT2D eigenvalue weighted by Gasteiger charge is -2.20. The molecule has 1 fully saturated rings. The fourth-order valence-electron chi connectivity index (χ4n) is 2.26. The molecule has 1 unspecified atom stereocenters. The van der Waals surface area contributed by atoms with Gasteiger partial charge in [-0.3, -0.25) is 5.32 Å². The van der Waals surface area contributed by atoms with Crippen molar-refractivity contribution in [1.29, 1.82) is 0 Å². The number of hydrogen-bond acceptors (Lipinski definition) is 4. The first-order chi connectivity index (χ1) is 9.35. The molecule has 20 heavy (non-hydrogen) atoms. The molecule has 1 atom stereocenters. The molecule has 2 rings (SSSR count). The fourth-order valence-corrected chi connectivity index (χ4v) is 2.26. The highest BCUT2D eigenvalue weighted by atomic mass is 16.6. The molecule has 0 aliphatic carbocycles. The number of anilines is 1. The van der Waals surface area contributed by atoms with Crippen LogP contribution in [0.2, 0.25) is 0 Å². The van der Waals surface area contributed by atoms with E-state index < -0.39 is 11.7 Å². The molecule has 5 nitrogen and oxygen atoms in total. The molecule has 110 valence electrons. The Bertz CT molecular complexity index is 488. The summed E-state index contributed by atoms with van der Waals surface area (Å²) in [6.07, 6.45) is 0.505. The lowest BCUT2D eigenvalue weighted by atomic mass is 9.98. The van der Waals surface area contributed by atoms with E-state index in [9.17, 15) is 9.90 Å². The van der Waals surface area contributed by atoms with E-state index in [1.165, 1.54) is 0 Å². The molecule has 1 amide bonds. The minimum absolute atomic E-state index is 0.0468. The van der Waals surface area contributed by atoms with Gasteiger partial charge >= 0.3 is 6.09 Å². The molecule has 1 heterocycles. The normalized spacial score (nSPS) is 18.9. The largest absolute Gasteiger partial charge is 0.506 e. The number of phenols is 1. The van der Waals surface area contributed by atoms with Crippen molar-refractivity contribution in [2.24, 2.45) is 0 Å². The first kappa shape index (κ1) is 14.7. The van der Waals surface area contributed by atoms with Crippen molar-refractivity contribution < 1.29 is 14.6 Å². The zero-order valence-corrected chi connectivity index (χ0v) is 12.2. The summed E-state index contributed by atoms with van der Waals surface area (Å²) < 4.78 is 5.19. The van der Waals surface area contributed by atoms with Crippen LogP contribution >= 0.6 is 0 Å². The van der Waals surface area contributed by atoms with Gasteiger partial charge < -0.3 is 15.2 Å². The van der Waals surface area contributed by atoms with Gasteiger partial charge in [-0.2, -0.15) is 0 Å². The maximum atomic E-state index is 11.8. The summed E-state index contributed by atoms with van der Waals surface area (Å²) in [5.74, 6) is 0.473. The quantitative estimate of drug-likeness (QED) is 0.727. The maximum absolute atomic E-state index is 11.8. The van der Waals surface area contributed by atoms with Crippen molar-refractivity contribution >= 4 is 11.8 Å². The molecule has 1 aliphatic rings. The van der Waals surface area contributed by atoms with Gasteiger partial charge in [0, 0.05) is 6.54 Å². The highest BCUT2D eigenvalue weighted by Gasteiger charge is 2.20. The van der Waals surface area contributed by atoms with Crippen molar-refractivity contribution in [1.82, 2.24) is 5.32 Å². The summed E-state index contributed by atoms with van der Waals surface area (Å²) in [4.78, 5) is 11.8. The number of carbonyl (C=O) groups is 1. The minimum atomic E-state index is -0.563. The van der Waals surface area contributed by atoms with Crippen LogP contribution in [0.15, 0.2) is 18.2 Å². The third-order valence-electron chi connectivity index (χ3n) is 3.19. The Kier molecular flexibility index (Phi) is 4.18. The van der Waals surface area contributed by atoms with Gasteiger partial charge in [-0.25, -0.2) is 4.79 Å². The number of benzene rings is 1. The number of ether oxygens (including phenoxy) is 1. The second-order valence-electron chi connectivity index (χ2n) is 6.09. The molecule has 0 radical (unpaired) electrons. The molecule has 1 aromatic carbocycles. The number of rotatable bonds is 2. The Morgan fingerprint density at radius 3 is 2.80 bits per heavy atom. The smallest absolute Gasteiger partial charge is 0.412 e. The second kappa shape index (κ2) is 5.71. The average Bonchev–Trinajstić information content (AvgIpc) is 2.83. The van der Waals surface area contributed by atoms with Crippen molar-refractivity contribution in [3.8, 4) is 5.75 Å². The zero-order chi connectivity index (χ0) is 14.8. The second-order valence-corrected chi connectivity index (χ2v) is 6.09. The van der Waals surface area contributed by atoms with Gasteiger partial charge in [-0.1, -0.05) is 6.07 Å². The van der Waals surface area contributed by atoms with Crippen molar-refractivity contribution in [3.63, 3.8) is 0 Å². The van der Waals surface area contributed by atoms with Gasteiger partial charge in [-0.15, -0.1) is 0 Å². The molecule has 1 aromatic rings. The summed E-state index contributed by atoms with van der Waals surface area (Å²) in [6.45, 7) is 7.32. The van der Waals surface area contributed by atoms with E-state index in [1.54, 1.807) is 26.8 Å².